The number of aliphatic hydroxyl groups excluding tert-OH is 1. The summed E-state index contributed by atoms with van der Waals surface area (Å²) in [5.74, 6) is 1.59. The van der Waals surface area contributed by atoms with E-state index in [0.717, 1.165) is 24.3 Å². The van der Waals surface area contributed by atoms with Crippen molar-refractivity contribution in [1.82, 2.24) is 10.2 Å². The molecule has 2 fully saturated rings. The van der Waals surface area contributed by atoms with Gasteiger partial charge in [0.05, 0.1) is 0 Å². The fourth-order valence-electron chi connectivity index (χ4n) is 4.03. The van der Waals surface area contributed by atoms with Crippen molar-refractivity contribution in [2.45, 2.75) is 64.3 Å². The number of nitrogens with one attached hydrogen (secondary N) is 1. The molecule has 0 bridgehead atoms. The summed E-state index contributed by atoms with van der Waals surface area (Å²) in [7, 11) is 0. The lowest BCUT2D eigenvalue weighted by Crippen LogP contribution is -2.41. The minimum Gasteiger partial charge on any atom is -0.396 e. The molecule has 1 heterocycles. The van der Waals surface area contributed by atoms with Crippen molar-refractivity contribution >= 4 is 0 Å². The van der Waals surface area contributed by atoms with Crippen molar-refractivity contribution in [3.05, 3.63) is 0 Å². The number of likely N-dealkylation sites (tertiary alicyclic amines) is 1. The minimum atomic E-state index is 0.364. The number of nitrogens with zero attached hydrogens (tertiary/aromatic N) is 1. The van der Waals surface area contributed by atoms with E-state index in [0.29, 0.717) is 6.61 Å². The molecular formula is C17H34N2O. The molecule has 1 aliphatic carbocycles. The van der Waals surface area contributed by atoms with Gasteiger partial charge < -0.3 is 15.3 Å². The van der Waals surface area contributed by atoms with E-state index in [1.54, 1.807) is 0 Å². The largest absolute Gasteiger partial charge is 0.396 e. The first-order chi connectivity index (χ1) is 9.83. The van der Waals surface area contributed by atoms with Gasteiger partial charge in [-0.2, -0.15) is 0 Å². The highest BCUT2D eigenvalue weighted by Gasteiger charge is 2.28. The first-order valence-electron chi connectivity index (χ1n) is 8.90. The third-order valence-electron chi connectivity index (χ3n) is 5.22. The van der Waals surface area contributed by atoms with E-state index in [1.807, 2.05) is 0 Å². The fourth-order valence-corrected chi connectivity index (χ4v) is 4.03. The van der Waals surface area contributed by atoms with Crippen molar-refractivity contribution in [2.24, 2.45) is 11.8 Å². The average Bonchev–Trinajstić information content (AvgIpc) is 2.77. The Morgan fingerprint density at radius 1 is 1.15 bits per heavy atom. The molecular weight excluding hydrogens is 248 g/mol. The summed E-state index contributed by atoms with van der Waals surface area (Å²) >= 11 is 0. The molecule has 1 aliphatic heterocycles. The number of hydrogen-bond donors (Lipinski definition) is 2. The molecule has 0 radical (unpaired) electrons. The van der Waals surface area contributed by atoms with Gasteiger partial charge in [-0.3, -0.25) is 0 Å². The molecule has 0 aromatic heterocycles. The van der Waals surface area contributed by atoms with Crippen molar-refractivity contribution in [3.63, 3.8) is 0 Å². The molecule has 0 amide bonds. The van der Waals surface area contributed by atoms with Crippen molar-refractivity contribution in [1.29, 1.82) is 0 Å². The molecule has 3 heteroatoms. The molecule has 1 saturated heterocycles. The monoisotopic (exact) mass is 282 g/mol. The van der Waals surface area contributed by atoms with Crippen LogP contribution < -0.4 is 5.32 Å². The van der Waals surface area contributed by atoms with Gasteiger partial charge in [0.15, 0.2) is 0 Å². The maximum absolute atomic E-state index is 9.08. The Hall–Kier alpha value is -0.120. The quantitative estimate of drug-likeness (QED) is 0.705. The van der Waals surface area contributed by atoms with Crippen LogP contribution in [0.4, 0.5) is 0 Å². The zero-order valence-electron chi connectivity index (χ0n) is 13.3. The molecule has 2 rings (SSSR count). The van der Waals surface area contributed by atoms with Crippen LogP contribution in [-0.2, 0) is 0 Å². The fraction of sp³-hybridized carbons (Fsp3) is 1.00. The molecule has 20 heavy (non-hydrogen) atoms. The average molecular weight is 282 g/mol. The normalized spacial score (nSPS) is 32.4. The summed E-state index contributed by atoms with van der Waals surface area (Å²) < 4.78 is 0. The second-order valence-electron chi connectivity index (χ2n) is 6.89. The Morgan fingerprint density at radius 3 is 2.80 bits per heavy atom. The summed E-state index contributed by atoms with van der Waals surface area (Å²) in [6.45, 7) is 7.55. The Kier molecular flexibility index (Phi) is 7.32. The van der Waals surface area contributed by atoms with E-state index in [-0.39, 0.29) is 0 Å². The van der Waals surface area contributed by atoms with Gasteiger partial charge >= 0.3 is 0 Å². The second kappa shape index (κ2) is 9.01. The van der Waals surface area contributed by atoms with Gasteiger partial charge in [0.2, 0.25) is 0 Å². The van der Waals surface area contributed by atoms with E-state index in [1.165, 1.54) is 71.1 Å². The van der Waals surface area contributed by atoms with Gasteiger partial charge in [-0.05, 0) is 57.0 Å². The predicted molar refractivity (Wildman–Crippen MR) is 84.9 cm³/mol. The van der Waals surface area contributed by atoms with Crippen LogP contribution in [0, 0.1) is 11.8 Å². The highest BCUT2D eigenvalue weighted by Crippen LogP contribution is 2.27. The SMILES string of the molecule is CCCNC1CCCCCC1CN1CCC(CCO)C1. The molecule has 1 saturated carbocycles. The Morgan fingerprint density at radius 2 is 2.00 bits per heavy atom. The van der Waals surface area contributed by atoms with E-state index >= 15 is 0 Å². The zero-order chi connectivity index (χ0) is 14.2. The van der Waals surface area contributed by atoms with Crippen LogP contribution in [0.5, 0.6) is 0 Å². The highest BCUT2D eigenvalue weighted by molar-refractivity contribution is 4.84. The van der Waals surface area contributed by atoms with Gasteiger partial charge in [0.1, 0.15) is 0 Å². The van der Waals surface area contributed by atoms with Crippen LogP contribution in [0.3, 0.4) is 0 Å². The molecule has 0 aromatic carbocycles. The third-order valence-corrected chi connectivity index (χ3v) is 5.22. The lowest BCUT2D eigenvalue weighted by atomic mass is 9.94. The van der Waals surface area contributed by atoms with E-state index in [9.17, 15) is 0 Å². The molecule has 3 unspecified atom stereocenters. The van der Waals surface area contributed by atoms with Crippen molar-refractivity contribution in [2.75, 3.05) is 32.8 Å². The first kappa shape index (κ1) is 16.3. The Balaban J connectivity index is 1.81. The Labute approximate surface area is 125 Å². The summed E-state index contributed by atoms with van der Waals surface area (Å²) in [4.78, 5) is 2.66. The number of aliphatic hydroxyl groups is 1. The molecule has 3 atom stereocenters. The standard InChI is InChI=1S/C17H34N2O/c1-2-10-18-17-7-5-3-4-6-16(17)14-19-11-8-15(13-19)9-12-20/h15-18,20H,2-14H2,1H3. The first-order valence-corrected chi connectivity index (χ1v) is 8.90. The summed E-state index contributed by atoms with van der Waals surface area (Å²) in [5, 5.41) is 12.9. The van der Waals surface area contributed by atoms with Gasteiger partial charge in [-0.25, -0.2) is 0 Å². The lowest BCUT2D eigenvalue weighted by Gasteiger charge is -2.30. The zero-order valence-corrected chi connectivity index (χ0v) is 13.3. The number of rotatable bonds is 7. The molecule has 0 aromatic rings. The van der Waals surface area contributed by atoms with E-state index in [2.05, 4.69) is 17.1 Å². The maximum Gasteiger partial charge on any atom is 0.0434 e. The van der Waals surface area contributed by atoms with Crippen molar-refractivity contribution in [3.8, 4) is 0 Å². The molecule has 3 nitrogen and oxygen atoms in total. The van der Waals surface area contributed by atoms with Crippen LogP contribution in [0.1, 0.15) is 58.3 Å². The number of hydrogen-bond acceptors (Lipinski definition) is 3. The topological polar surface area (TPSA) is 35.5 Å². The maximum atomic E-state index is 9.08. The van der Waals surface area contributed by atoms with Gasteiger partial charge in [-0.15, -0.1) is 0 Å². The smallest absolute Gasteiger partial charge is 0.0434 e. The van der Waals surface area contributed by atoms with Gasteiger partial charge in [0, 0.05) is 25.7 Å². The van der Waals surface area contributed by atoms with Crippen LogP contribution in [0.25, 0.3) is 0 Å². The molecule has 0 spiro atoms. The van der Waals surface area contributed by atoms with Crippen LogP contribution in [0.15, 0.2) is 0 Å². The van der Waals surface area contributed by atoms with E-state index in [4.69, 9.17) is 5.11 Å². The second-order valence-corrected chi connectivity index (χ2v) is 6.89. The molecule has 2 N–H and O–H groups in total. The summed E-state index contributed by atoms with van der Waals surface area (Å²) in [6.07, 6.45) is 10.6. The summed E-state index contributed by atoms with van der Waals surface area (Å²) in [6, 6.07) is 0.745. The Bertz CT molecular complexity index is 259. The molecule has 118 valence electrons. The van der Waals surface area contributed by atoms with Crippen LogP contribution in [-0.4, -0.2) is 48.8 Å². The van der Waals surface area contributed by atoms with E-state index < -0.39 is 0 Å². The highest BCUT2D eigenvalue weighted by atomic mass is 16.3. The third kappa shape index (κ3) is 5.01. The lowest BCUT2D eigenvalue weighted by molar-refractivity contribution is 0.210. The van der Waals surface area contributed by atoms with Crippen LogP contribution >= 0.6 is 0 Å². The predicted octanol–water partition coefficient (Wildman–Crippen LogP) is 2.64. The summed E-state index contributed by atoms with van der Waals surface area (Å²) in [5.41, 5.74) is 0. The van der Waals surface area contributed by atoms with Crippen LogP contribution in [0.2, 0.25) is 0 Å². The molecule has 2 aliphatic rings. The van der Waals surface area contributed by atoms with Gasteiger partial charge in [-0.1, -0.05) is 26.2 Å². The minimum absolute atomic E-state index is 0.364. The van der Waals surface area contributed by atoms with Crippen molar-refractivity contribution < 1.29 is 5.11 Å². The van der Waals surface area contributed by atoms with Gasteiger partial charge in [0.25, 0.3) is 0 Å².